The summed E-state index contributed by atoms with van der Waals surface area (Å²) in [4.78, 5) is 13.0. The van der Waals surface area contributed by atoms with Crippen LogP contribution in [0.1, 0.15) is 19.3 Å². The molecule has 4 nitrogen and oxygen atoms in total. The number of hydrogen-bond acceptors (Lipinski definition) is 2. The van der Waals surface area contributed by atoms with Crippen molar-refractivity contribution in [2.45, 2.75) is 25.4 Å². The van der Waals surface area contributed by atoms with Crippen LogP contribution in [0.25, 0.3) is 0 Å². The largest absolute Gasteiger partial charge is 0.393 e. The van der Waals surface area contributed by atoms with Crippen LogP contribution < -0.4 is 5.32 Å². The van der Waals surface area contributed by atoms with Gasteiger partial charge in [-0.2, -0.15) is 0 Å². The highest BCUT2D eigenvalue weighted by molar-refractivity contribution is 5.76. The van der Waals surface area contributed by atoms with Crippen LogP contribution in [0.5, 0.6) is 0 Å². The molecule has 0 radical (unpaired) electrons. The number of hydrogen-bond donors (Lipinski definition) is 2. The molecule has 2 amide bonds. The Morgan fingerprint density at radius 3 is 2.92 bits per heavy atom. The predicted octanol–water partition coefficient (Wildman–Crippen LogP) is 0.173. The van der Waals surface area contributed by atoms with Gasteiger partial charge in [-0.15, -0.1) is 0 Å². The van der Waals surface area contributed by atoms with Crippen molar-refractivity contribution in [2.75, 3.05) is 19.6 Å². The topological polar surface area (TPSA) is 52.6 Å². The first kappa shape index (κ1) is 8.81. The molecule has 0 aromatic carbocycles. The van der Waals surface area contributed by atoms with Crippen molar-refractivity contribution >= 4 is 6.03 Å². The van der Waals surface area contributed by atoms with Gasteiger partial charge in [0.15, 0.2) is 0 Å². The Morgan fingerprint density at radius 2 is 2.38 bits per heavy atom. The maximum Gasteiger partial charge on any atom is 0.317 e. The Bertz CT molecular complexity index is 208. The lowest BCUT2D eigenvalue weighted by Gasteiger charge is -2.18. The van der Waals surface area contributed by atoms with E-state index in [0.29, 0.717) is 5.92 Å². The molecule has 74 valence electrons. The first-order valence-corrected chi connectivity index (χ1v) is 4.96. The van der Waals surface area contributed by atoms with Crippen molar-refractivity contribution in [1.29, 1.82) is 0 Å². The maximum absolute atomic E-state index is 11.2. The molecule has 2 atom stereocenters. The van der Waals surface area contributed by atoms with Crippen LogP contribution in [0.4, 0.5) is 4.79 Å². The number of rotatable bonds is 2. The molecule has 0 aromatic rings. The van der Waals surface area contributed by atoms with E-state index in [1.807, 2.05) is 4.90 Å². The van der Waals surface area contributed by atoms with Gasteiger partial charge in [0.2, 0.25) is 0 Å². The Hall–Kier alpha value is -0.770. The van der Waals surface area contributed by atoms with E-state index in [1.165, 1.54) is 0 Å². The molecule has 1 aliphatic carbocycles. The van der Waals surface area contributed by atoms with Crippen molar-refractivity contribution < 1.29 is 9.90 Å². The van der Waals surface area contributed by atoms with Crippen molar-refractivity contribution in [3.63, 3.8) is 0 Å². The third-order valence-corrected chi connectivity index (χ3v) is 2.94. The standard InChI is InChI=1S/C9H16N2O2/c12-8-2-1-7(5-8)6-11-4-3-10-9(11)13/h7-8,12H,1-6H2,(H,10,13). The van der Waals surface area contributed by atoms with E-state index in [1.54, 1.807) is 0 Å². The van der Waals surface area contributed by atoms with E-state index in [-0.39, 0.29) is 12.1 Å². The lowest BCUT2D eigenvalue weighted by Crippen LogP contribution is -2.32. The first-order valence-electron chi connectivity index (χ1n) is 4.96. The molecule has 2 N–H and O–H groups in total. The Kier molecular flexibility index (Phi) is 2.40. The van der Waals surface area contributed by atoms with E-state index in [9.17, 15) is 9.90 Å². The summed E-state index contributed by atoms with van der Waals surface area (Å²) in [6, 6.07) is 0.0568. The second kappa shape index (κ2) is 3.54. The smallest absolute Gasteiger partial charge is 0.317 e. The summed E-state index contributed by atoms with van der Waals surface area (Å²) in [6.45, 7) is 2.42. The van der Waals surface area contributed by atoms with Gasteiger partial charge in [0, 0.05) is 19.6 Å². The minimum atomic E-state index is -0.129. The summed E-state index contributed by atoms with van der Waals surface area (Å²) in [7, 11) is 0. The van der Waals surface area contributed by atoms with Gasteiger partial charge >= 0.3 is 6.03 Å². The minimum Gasteiger partial charge on any atom is -0.393 e. The number of aliphatic hydroxyl groups excluding tert-OH is 1. The molecule has 2 rings (SSSR count). The predicted molar refractivity (Wildman–Crippen MR) is 48.3 cm³/mol. The van der Waals surface area contributed by atoms with Gasteiger partial charge in [-0.25, -0.2) is 4.79 Å². The average molecular weight is 184 g/mol. The van der Waals surface area contributed by atoms with Crippen molar-refractivity contribution in [2.24, 2.45) is 5.92 Å². The number of urea groups is 1. The van der Waals surface area contributed by atoms with Crippen LogP contribution in [0.2, 0.25) is 0 Å². The van der Waals surface area contributed by atoms with E-state index in [2.05, 4.69) is 5.32 Å². The molecule has 4 heteroatoms. The highest BCUT2D eigenvalue weighted by Crippen LogP contribution is 2.26. The maximum atomic E-state index is 11.2. The van der Waals surface area contributed by atoms with Gasteiger partial charge in [-0.1, -0.05) is 0 Å². The molecule has 0 aromatic heterocycles. The number of nitrogens with zero attached hydrogens (tertiary/aromatic N) is 1. The minimum absolute atomic E-state index is 0.0568. The second-order valence-electron chi connectivity index (χ2n) is 4.01. The first-order chi connectivity index (χ1) is 6.25. The van der Waals surface area contributed by atoms with Crippen molar-refractivity contribution in [3.8, 4) is 0 Å². The molecule has 13 heavy (non-hydrogen) atoms. The van der Waals surface area contributed by atoms with Gasteiger partial charge < -0.3 is 15.3 Å². The van der Waals surface area contributed by atoms with Gasteiger partial charge in [0.25, 0.3) is 0 Å². The molecule has 1 aliphatic heterocycles. The summed E-state index contributed by atoms with van der Waals surface area (Å²) in [5.74, 6) is 0.513. The van der Waals surface area contributed by atoms with Crippen molar-refractivity contribution in [1.82, 2.24) is 10.2 Å². The fourth-order valence-electron chi connectivity index (χ4n) is 2.21. The van der Waals surface area contributed by atoms with Crippen LogP contribution in [-0.4, -0.2) is 41.8 Å². The number of amides is 2. The molecule has 0 spiro atoms. The Morgan fingerprint density at radius 1 is 1.54 bits per heavy atom. The zero-order valence-corrected chi connectivity index (χ0v) is 7.70. The zero-order chi connectivity index (χ0) is 9.26. The van der Waals surface area contributed by atoms with Gasteiger partial charge in [-0.3, -0.25) is 0 Å². The normalized spacial score (nSPS) is 33.9. The van der Waals surface area contributed by atoms with Crippen LogP contribution in [0.15, 0.2) is 0 Å². The second-order valence-corrected chi connectivity index (χ2v) is 4.01. The highest BCUT2D eigenvalue weighted by atomic mass is 16.3. The average Bonchev–Trinajstić information content (AvgIpc) is 2.64. The van der Waals surface area contributed by atoms with Crippen LogP contribution >= 0.6 is 0 Å². The fraction of sp³-hybridized carbons (Fsp3) is 0.889. The molecule has 1 saturated heterocycles. The van der Waals surface area contributed by atoms with Crippen molar-refractivity contribution in [3.05, 3.63) is 0 Å². The summed E-state index contributed by atoms with van der Waals surface area (Å²) >= 11 is 0. The Balaban J connectivity index is 1.81. The molecule has 2 unspecified atom stereocenters. The van der Waals surface area contributed by atoms with Gasteiger partial charge in [0.05, 0.1) is 6.10 Å². The molecule has 1 saturated carbocycles. The van der Waals surface area contributed by atoms with Crippen LogP contribution in [0.3, 0.4) is 0 Å². The molecule has 2 fully saturated rings. The lowest BCUT2D eigenvalue weighted by atomic mass is 10.1. The van der Waals surface area contributed by atoms with E-state index >= 15 is 0 Å². The molecule has 2 aliphatic rings. The summed E-state index contributed by atoms with van der Waals surface area (Å²) in [6.07, 6.45) is 2.70. The number of carbonyl (C=O) groups excluding carboxylic acids is 1. The molecule has 0 bridgehead atoms. The van der Waals surface area contributed by atoms with Gasteiger partial charge in [-0.05, 0) is 25.2 Å². The molecule has 1 heterocycles. The lowest BCUT2D eigenvalue weighted by molar-refractivity contribution is 0.171. The van der Waals surface area contributed by atoms with Crippen LogP contribution in [0, 0.1) is 5.92 Å². The van der Waals surface area contributed by atoms with Gasteiger partial charge in [0.1, 0.15) is 0 Å². The summed E-state index contributed by atoms with van der Waals surface area (Å²) < 4.78 is 0. The van der Waals surface area contributed by atoms with E-state index < -0.39 is 0 Å². The third-order valence-electron chi connectivity index (χ3n) is 2.94. The monoisotopic (exact) mass is 184 g/mol. The molecular formula is C9H16N2O2. The summed E-state index contributed by atoms with van der Waals surface area (Å²) in [5.41, 5.74) is 0. The van der Waals surface area contributed by atoms with E-state index in [4.69, 9.17) is 0 Å². The third kappa shape index (κ3) is 1.94. The van der Waals surface area contributed by atoms with Crippen LogP contribution in [-0.2, 0) is 0 Å². The number of nitrogens with one attached hydrogen (secondary N) is 1. The SMILES string of the molecule is O=C1NCCN1CC1CCC(O)C1. The fourth-order valence-corrected chi connectivity index (χ4v) is 2.21. The number of carbonyl (C=O) groups is 1. The highest BCUT2D eigenvalue weighted by Gasteiger charge is 2.28. The quantitative estimate of drug-likeness (QED) is 0.643. The number of aliphatic hydroxyl groups is 1. The van der Waals surface area contributed by atoms with E-state index in [0.717, 1.165) is 38.9 Å². The molecular weight excluding hydrogens is 168 g/mol. The summed E-state index contributed by atoms with van der Waals surface area (Å²) in [5, 5.41) is 12.1. The zero-order valence-electron chi connectivity index (χ0n) is 7.70. The Labute approximate surface area is 77.9 Å².